The smallest absolute Gasteiger partial charge is 0.0993 e. The largest absolute Gasteiger partial charge is 0.338 e. The maximum absolute atomic E-state index is 4.09. The number of allylic oxidation sites excluding steroid dienone is 2. The lowest BCUT2D eigenvalue weighted by molar-refractivity contribution is 0.617. The molecule has 2 nitrogen and oxygen atoms in total. The van der Waals surface area contributed by atoms with Crippen LogP contribution >= 0.6 is 0 Å². The van der Waals surface area contributed by atoms with Crippen LogP contribution in [0.5, 0.6) is 0 Å². The Kier molecular flexibility index (Phi) is 4.59. The summed E-state index contributed by atoms with van der Waals surface area (Å²) in [7, 11) is 3.84. The van der Waals surface area contributed by atoms with Crippen LogP contribution in [0.15, 0.2) is 16.8 Å². The first kappa shape index (κ1) is 10.2. The first-order valence-electron chi connectivity index (χ1n) is 3.97. The molecule has 64 valence electrons. The van der Waals surface area contributed by atoms with Crippen LogP contribution in [0.4, 0.5) is 0 Å². The highest BCUT2D eigenvalue weighted by molar-refractivity contribution is 5.80. The van der Waals surface area contributed by atoms with E-state index in [4.69, 9.17) is 0 Å². The molecular weight excluding hydrogens is 136 g/mol. The van der Waals surface area contributed by atoms with Crippen LogP contribution in [0.25, 0.3) is 0 Å². The zero-order valence-corrected chi connectivity index (χ0v) is 8.18. The highest BCUT2D eigenvalue weighted by Gasteiger charge is 1.99. The summed E-state index contributed by atoms with van der Waals surface area (Å²) in [4.78, 5) is 6.18. The molecule has 0 aromatic heterocycles. The van der Waals surface area contributed by atoms with Gasteiger partial charge in [0, 0.05) is 19.8 Å². The van der Waals surface area contributed by atoms with Gasteiger partial charge in [0.05, 0.1) is 5.84 Å². The Morgan fingerprint density at radius 1 is 1.45 bits per heavy atom. The van der Waals surface area contributed by atoms with Crippen molar-refractivity contribution < 1.29 is 0 Å². The lowest BCUT2D eigenvalue weighted by Crippen LogP contribution is -2.21. The summed E-state index contributed by atoms with van der Waals surface area (Å²) in [6.07, 6.45) is 3.27. The van der Waals surface area contributed by atoms with Crippen molar-refractivity contribution in [2.24, 2.45) is 4.99 Å². The predicted octanol–water partition coefficient (Wildman–Crippen LogP) is 2.28. The Morgan fingerprint density at radius 2 is 2.00 bits per heavy atom. The van der Waals surface area contributed by atoms with Crippen LogP contribution in [-0.4, -0.2) is 24.8 Å². The van der Waals surface area contributed by atoms with E-state index in [0.29, 0.717) is 0 Å². The van der Waals surface area contributed by atoms with E-state index in [1.165, 1.54) is 5.70 Å². The summed E-state index contributed by atoms with van der Waals surface area (Å²) in [5, 5.41) is 0. The van der Waals surface area contributed by atoms with Crippen LogP contribution in [0, 0.1) is 0 Å². The first-order valence-corrected chi connectivity index (χ1v) is 3.97. The van der Waals surface area contributed by atoms with Gasteiger partial charge in [-0.25, -0.2) is 0 Å². The molecule has 0 radical (unpaired) electrons. The zero-order valence-electron chi connectivity index (χ0n) is 8.18. The van der Waals surface area contributed by atoms with Gasteiger partial charge in [0.25, 0.3) is 0 Å². The minimum Gasteiger partial charge on any atom is -0.338 e. The molecule has 0 bridgehead atoms. The van der Waals surface area contributed by atoms with Crippen molar-refractivity contribution in [2.75, 3.05) is 14.1 Å². The topological polar surface area (TPSA) is 15.6 Å². The second-order valence-corrected chi connectivity index (χ2v) is 2.58. The van der Waals surface area contributed by atoms with Gasteiger partial charge >= 0.3 is 0 Å². The molecule has 0 spiro atoms. The molecule has 0 unspecified atom stereocenters. The lowest BCUT2D eigenvalue weighted by atomic mass is 10.3. The van der Waals surface area contributed by atoms with Crippen molar-refractivity contribution in [1.82, 2.24) is 4.90 Å². The molecule has 0 aromatic rings. The number of nitrogens with zero attached hydrogens (tertiary/aromatic N) is 2. The van der Waals surface area contributed by atoms with Gasteiger partial charge in [-0.3, -0.25) is 4.99 Å². The van der Waals surface area contributed by atoms with Gasteiger partial charge in [-0.2, -0.15) is 0 Å². The minimum absolute atomic E-state index is 1.05. The summed E-state index contributed by atoms with van der Waals surface area (Å²) >= 11 is 0. The molecule has 0 aliphatic carbocycles. The molecule has 11 heavy (non-hydrogen) atoms. The molecule has 0 atom stereocenters. The molecule has 0 aliphatic heterocycles. The van der Waals surface area contributed by atoms with Crippen molar-refractivity contribution in [3.8, 4) is 0 Å². The first-order chi connectivity index (χ1) is 5.13. The van der Waals surface area contributed by atoms with E-state index in [2.05, 4.69) is 29.8 Å². The SMILES string of the molecule is CC/C=C(\C)N(C)C(C)=NC. The lowest BCUT2D eigenvalue weighted by Gasteiger charge is -2.18. The highest BCUT2D eigenvalue weighted by Crippen LogP contribution is 2.02. The molecule has 0 aliphatic rings. The summed E-state index contributed by atoms with van der Waals surface area (Å²) in [5.74, 6) is 1.05. The summed E-state index contributed by atoms with van der Waals surface area (Å²) in [6, 6.07) is 0. The average Bonchev–Trinajstić information content (AvgIpc) is 2.02. The summed E-state index contributed by atoms with van der Waals surface area (Å²) in [5.41, 5.74) is 1.26. The Morgan fingerprint density at radius 3 is 2.36 bits per heavy atom. The molecule has 0 rings (SSSR count). The molecule has 0 fully saturated rings. The van der Waals surface area contributed by atoms with Gasteiger partial charge in [0.1, 0.15) is 0 Å². The Bertz CT molecular complexity index is 168. The second-order valence-electron chi connectivity index (χ2n) is 2.58. The number of amidine groups is 1. The fourth-order valence-corrected chi connectivity index (χ4v) is 0.838. The number of aliphatic imine (C=N–C) groups is 1. The fraction of sp³-hybridized carbons (Fsp3) is 0.667. The van der Waals surface area contributed by atoms with Crippen LogP contribution in [-0.2, 0) is 0 Å². The van der Waals surface area contributed by atoms with E-state index in [1.807, 2.05) is 21.0 Å². The molecule has 0 aromatic carbocycles. The van der Waals surface area contributed by atoms with Gasteiger partial charge in [0.2, 0.25) is 0 Å². The molecule has 0 amide bonds. The molecule has 0 saturated carbocycles. The van der Waals surface area contributed by atoms with Crippen molar-refractivity contribution in [3.63, 3.8) is 0 Å². The zero-order chi connectivity index (χ0) is 8.85. The third-order valence-corrected chi connectivity index (χ3v) is 1.84. The van der Waals surface area contributed by atoms with Crippen molar-refractivity contribution in [3.05, 3.63) is 11.8 Å². The van der Waals surface area contributed by atoms with Gasteiger partial charge < -0.3 is 4.90 Å². The average molecular weight is 154 g/mol. The maximum Gasteiger partial charge on any atom is 0.0993 e. The number of hydrogen-bond acceptors (Lipinski definition) is 1. The quantitative estimate of drug-likeness (QED) is 0.440. The Labute approximate surface area is 69.6 Å². The predicted molar refractivity (Wildman–Crippen MR) is 50.8 cm³/mol. The second kappa shape index (κ2) is 4.94. The van der Waals surface area contributed by atoms with E-state index < -0.39 is 0 Å². The van der Waals surface area contributed by atoms with E-state index in [-0.39, 0.29) is 0 Å². The summed E-state index contributed by atoms with van der Waals surface area (Å²) < 4.78 is 0. The molecule has 0 N–H and O–H groups in total. The van der Waals surface area contributed by atoms with E-state index in [0.717, 1.165) is 12.3 Å². The van der Waals surface area contributed by atoms with Gasteiger partial charge in [-0.15, -0.1) is 0 Å². The van der Waals surface area contributed by atoms with Crippen LogP contribution in [0.1, 0.15) is 27.2 Å². The van der Waals surface area contributed by atoms with Crippen LogP contribution in [0.2, 0.25) is 0 Å². The fourth-order valence-electron chi connectivity index (χ4n) is 0.838. The van der Waals surface area contributed by atoms with Crippen LogP contribution in [0.3, 0.4) is 0 Å². The summed E-state index contributed by atoms with van der Waals surface area (Å²) in [6.45, 7) is 6.24. The van der Waals surface area contributed by atoms with E-state index in [1.54, 1.807) is 0 Å². The van der Waals surface area contributed by atoms with Crippen molar-refractivity contribution >= 4 is 5.84 Å². The molecule has 0 heterocycles. The molecular formula is C9H18N2. The maximum atomic E-state index is 4.09. The van der Waals surface area contributed by atoms with E-state index in [9.17, 15) is 0 Å². The van der Waals surface area contributed by atoms with E-state index >= 15 is 0 Å². The monoisotopic (exact) mass is 154 g/mol. The number of rotatable bonds is 2. The Hall–Kier alpha value is -0.790. The minimum atomic E-state index is 1.05. The standard InChI is InChI=1S/C9H18N2/c1-6-7-8(2)11(5)9(3)10-4/h7H,6H2,1-5H3/b8-7+,10-9?. The Balaban J connectivity index is 4.24. The van der Waals surface area contributed by atoms with Gasteiger partial charge in [0.15, 0.2) is 0 Å². The van der Waals surface area contributed by atoms with Gasteiger partial charge in [-0.05, 0) is 20.3 Å². The number of hydrogen-bond donors (Lipinski definition) is 0. The van der Waals surface area contributed by atoms with Crippen molar-refractivity contribution in [2.45, 2.75) is 27.2 Å². The molecule has 2 heteroatoms. The normalized spacial score (nSPS) is 13.5. The molecule has 0 saturated heterocycles. The van der Waals surface area contributed by atoms with Crippen LogP contribution < -0.4 is 0 Å². The highest BCUT2D eigenvalue weighted by atomic mass is 15.2. The third kappa shape index (κ3) is 3.21. The third-order valence-electron chi connectivity index (χ3n) is 1.84. The van der Waals surface area contributed by atoms with Crippen molar-refractivity contribution in [1.29, 1.82) is 0 Å². The van der Waals surface area contributed by atoms with Gasteiger partial charge in [-0.1, -0.05) is 13.0 Å².